The van der Waals surface area contributed by atoms with E-state index >= 15 is 0 Å². The molecule has 1 fully saturated rings. The highest BCUT2D eigenvalue weighted by molar-refractivity contribution is 7.89. The molecule has 0 unspecified atom stereocenters. The zero-order valence-electron chi connectivity index (χ0n) is 10.7. The van der Waals surface area contributed by atoms with E-state index in [2.05, 4.69) is 16.7 Å². The van der Waals surface area contributed by atoms with Crippen molar-refractivity contribution in [1.29, 1.82) is 0 Å². The molecule has 1 aliphatic heterocycles. The van der Waals surface area contributed by atoms with E-state index in [1.165, 1.54) is 0 Å². The average Bonchev–Trinajstić information content (AvgIpc) is 2.39. The van der Waals surface area contributed by atoms with Crippen LogP contribution in [0.4, 0.5) is 0 Å². The van der Waals surface area contributed by atoms with Crippen LogP contribution in [-0.2, 0) is 10.0 Å². The first-order valence-corrected chi connectivity index (χ1v) is 7.79. The molecule has 100 valence electrons. The summed E-state index contributed by atoms with van der Waals surface area (Å²) in [5, 5.41) is 0. The van der Waals surface area contributed by atoms with E-state index in [1.54, 1.807) is 24.3 Å². The molecule has 0 radical (unpaired) electrons. The van der Waals surface area contributed by atoms with Gasteiger partial charge in [0, 0.05) is 6.54 Å². The fourth-order valence-corrected chi connectivity index (χ4v) is 3.31. The Hall–Kier alpha value is -0.910. The van der Waals surface area contributed by atoms with E-state index < -0.39 is 10.0 Å². The quantitative estimate of drug-likeness (QED) is 0.895. The van der Waals surface area contributed by atoms with E-state index in [0.717, 1.165) is 25.9 Å². The van der Waals surface area contributed by atoms with Gasteiger partial charge in [0.15, 0.2) is 0 Å². The van der Waals surface area contributed by atoms with Crippen molar-refractivity contribution in [2.45, 2.75) is 17.7 Å². The molecule has 1 aromatic carbocycles. The fraction of sp³-hybridized carbons (Fsp3) is 0.538. The Balaban J connectivity index is 1.90. The highest BCUT2D eigenvalue weighted by Gasteiger charge is 2.20. The number of nitrogens with one attached hydrogen (secondary N) is 1. The van der Waals surface area contributed by atoms with Crippen molar-refractivity contribution < 1.29 is 8.42 Å². The van der Waals surface area contributed by atoms with Gasteiger partial charge in [-0.15, -0.1) is 0 Å². The van der Waals surface area contributed by atoms with Gasteiger partial charge in [0.05, 0.1) is 4.90 Å². The van der Waals surface area contributed by atoms with Gasteiger partial charge in [-0.05, 0) is 51.0 Å². The predicted molar refractivity (Wildman–Crippen MR) is 71.9 cm³/mol. The lowest BCUT2D eigenvalue weighted by Crippen LogP contribution is -2.36. The largest absolute Gasteiger partial charge is 0.306 e. The molecule has 0 aliphatic carbocycles. The first-order valence-electron chi connectivity index (χ1n) is 6.31. The standard InChI is InChI=1S/C13H20N2O2S/c1-15-9-7-12(8-10-15)11-14-18(16,17)13-5-3-2-4-6-13/h2-6,12,14H,7-11H2,1H3. The second-order valence-corrected chi connectivity index (χ2v) is 6.68. The van der Waals surface area contributed by atoms with Gasteiger partial charge < -0.3 is 4.90 Å². The van der Waals surface area contributed by atoms with Gasteiger partial charge in [0.1, 0.15) is 0 Å². The number of sulfonamides is 1. The molecule has 1 aliphatic rings. The molecule has 0 bridgehead atoms. The maximum absolute atomic E-state index is 12.0. The normalized spacial score (nSPS) is 18.9. The van der Waals surface area contributed by atoms with Gasteiger partial charge >= 0.3 is 0 Å². The Bertz CT molecular complexity index is 465. The van der Waals surface area contributed by atoms with Crippen LogP contribution in [0.5, 0.6) is 0 Å². The van der Waals surface area contributed by atoms with E-state index in [9.17, 15) is 8.42 Å². The molecular formula is C13H20N2O2S. The van der Waals surface area contributed by atoms with Crippen LogP contribution in [0.2, 0.25) is 0 Å². The summed E-state index contributed by atoms with van der Waals surface area (Å²) in [5.41, 5.74) is 0. The molecule has 0 atom stereocenters. The highest BCUT2D eigenvalue weighted by Crippen LogP contribution is 2.16. The summed E-state index contributed by atoms with van der Waals surface area (Å²) in [4.78, 5) is 2.63. The van der Waals surface area contributed by atoms with Crippen molar-refractivity contribution in [2.75, 3.05) is 26.7 Å². The number of hydrogen-bond donors (Lipinski definition) is 1. The minimum Gasteiger partial charge on any atom is -0.306 e. The minimum atomic E-state index is -3.34. The summed E-state index contributed by atoms with van der Waals surface area (Å²) in [6.45, 7) is 2.65. The Labute approximate surface area is 109 Å². The summed E-state index contributed by atoms with van der Waals surface area (Å²) >= 11 is 0. The van der Waals surface area contributed by atoms with Gasteiger partial charge in [-0.3, -0.25) is 0 Å². The first-order chi connectivity index (χ1) is 8.58. The van der Waals surface area contributed by atoms with Gasteiger partial charge in [0.25, 0.3) is 0 Å². The van der Waals surface area contributed by atoms with Crippen LogP contribution in [0.25, 0.3) is 0 Å². The van der Waals surface area contributed by atoms with Crippen molar-refractivity contribution >= 4 is 10.0 Å². The monoisotopic (exact) mass is 268 g/mol. The molecule has 1 N–H and O–H groups in total. The predicted octanol–water partition coefficient (Wildman–Crippen LogP) is 1.31. The zero-order chi connectivity index (χ0) is 13.0. The Morgan fingerprint density at radius 1 is 1.22 bits per heavy atom. The minimum absolute atomic E-state index is 0.345. The van der Waals surface area contributed by atoms with Crippen molar-refractivity contribution in [3.8, 4) is 0 Å². The van der Waals surface area contributed by atoms with Crippen molar-refractivity contribution in [2.24, 2.45) is 5.92 Å². The van der Waals surface area contributed by atoms with Crippen molar-refractivity contribution in [3.63, 3.8) is 0 Å². The van der Waals surface area contributed by atoms with Crippen LogP contribution < -0.4 is 4.72 Å². The van der Waals surface area contributed by atoms with Crippen LogP contribution in [0.1, 0.15) is 12.8 Å². The average molecular weight is 268 g/mol. The molecular weight excluding hydrogens is 248 g/mol. The van der Waals surface area contributed by atoms with Crippen LogP contribution in [-0.4, -0.2) is 40.0 Å². The van der Waals surface area contributed by atoms with Gasteiger partial charge in [0.2, 0.25) is 10.0 Å². The van der Waals surface area contributed by atoms with Gasteiger partial charge in [-0.2, -0.15) is 0 Å². The molecule has 1 aromatic rings. The number of likely N-dealkylation sites (tertiary alicyclic amines) is 1. The highest BCUT2D eigenvalue weighted by atomic mass is 32.2. The summed E-state index contributed by atoms with van der Waals surface area (Å²) < 4.78 is 26.7. The number of nitrogens with zero attached hydrogens (tertiary/aromatic N) is 1. The van der Waals surface area contributed by atoms with E-state index in [-0.39, 0.29) is 0 Å². The van der Waals surface area contributed by atoms with E-state index in [1.807, 2.05) is 6.07 Å². The molecule has 18 heavy (non-hydrogen) atoms. The third kappa shape index (κ3) is 3.54. The maximum atomic E-state index is 12.0. The van der Waals surface area contributed by atoms with E-state index in [0.29, 0.717) is 17.4 Å². The third-order valence-corrected chi connectivity index (χ3v) is 4.89. The number of rotatable bonds is 4. The Morgan fingerprint density at radius 3 is 2.44 bits per heavy atom. The number of piperidine rings is 1. The van der Waals surface area contributed by atoms with Crippen molar-refractivity contribution in [3.05, 3.63) is 30.3 Å². The number of benzene rings is 1. The topological polar surface area (TPSA) is 49.4 Å². The molecule has 5 heteroatoms. The second kappa shape index (κ2) is 5.82. The van der Waals surface area contributed by atoms with Crippen LogP contribution in [0.3, 0.4) is 0 Å². The molecule has 1 heterocycles. The zero-order valence-corrected chi connectivity index (χ0v) is 11.5. The second-order valence-electron chi connectivity index (χ2n) is 4.91. The molecule has 0 amide bonds. The summed E-state index contributed by atoms with van der Waals surface area (Å²) in [6.07, 6.45) is 2.13. The van der Waals surface area contributed by atoms with Gasteiger partial charge in [-0.1, -0.05) is 18.2 Å². The first kappa shape index (κ1) is 13.5. The maximum Gasteiger partial charge on any atom is 0.240 e. The summed E-state index contributed by atoms with van der Waals surface area (Å²) in [5.74, 6) is 0.458. The van der Waals surface area contributed by atoms with Crippen LogP contribution in [0, 0.1) is 5.92 Å². The smallest absolute Gasteiger partial charge is 0.240 e. The summed E-state index contributed by atoms with van der Waals surface area (Å²) in [6, 6.07) is 8.54. The van der Waals surface area contributed by atoms with Gasteiger partial charge in [-0.25, -0.2) is 13.1 Å². The molecule has 0 spiro atoms. The Morgan fingerprint density at radius 2 is 1.83 bits per heavy atom. The van der Waals surface area contributed by atoms with Crippen molar-refractivity contribution in [1.82, 2.24) is 9.62 Å². The van der Waals surface area contributed by atoms with Crippen LogP contribution in [0.15, 0.2) is 35.2 Å². The van der Waals surface area contributed by atoms with E-state index in [4.69, 9.17) is 0 Å². The molecule has 4 nitrogen and oxygen atoms in total. The SMILES string of the molecule is CN1CCC(CNS(=O)(=O)c2ccccc2)CC1. The van der Waals surface area contributed by atoms with Crippen LogP contribution >= 0.6 is 0 Å². The molecule has 0 aromatic heterocycles. The third-order valence-electron chi connectivity index (χ3n) is 3.45. The molecule has 2 rings (SSSR count). The number of hydrogen-bond acceptors (Lipinski definition) is 3. The molecule has 1 saturated heterocycles. The lowest BCUT2D eigenvalue weighted by Gasteiger charge is -2.28. The summed E-state index contributed by atoms with van der Waals surface area (Å²) in [7, 11) is -1.24. The molecule has 0 saturated carbocycles. The lowest BCUT2D eigenvalue weighted by atomic mass is 9.98. The Kier molecular flexibility index (Phi) is 4.37. The lowest BCUT2D eigenvalue weighted by molar-refractivity contribution is 0.220. The fourth-order valence-electron chi connectivity index (χ4n) is 2.18.